The SMILES string of the molecule is Nc1cccc2c1C(=O)c1ccccc1C2=O.O=C1CC=c2cc3c(ccc4cc(Br)ccc43)cc2=C1Br. The number of nitrogen functional groups attached to an aromatic ring is 1. The summed E-state index contributed by atoms with van der Waals surface area (Å²) in [5.41, 5.74) is 7.75. The first-order chi connectivity index (χ1) is 18.3. The lowest BCUT2D eigenvalue weighted by molar-refractivity contribution is -0.112. The van der Waals surface area contributed by atoms with Crippen molar-refractivity contribution >= 4 is 87.0 Å². The van der Waals surface area contributed by atoms with E-state index in [2.05, 4.69) is 74.3 Å². The maximum atomic E-state index is 12.2. The van der Waals surface area contributed by atoms with Gasteiger partial charge in [0.2, 0.25) is 0 Å². The van der Waals surface area contributed by atoms with E-state index in [-0.39, 0.29) is 17.3 Å². The van der Waals surface area contributed by atoms with Gasteiger partial charge in [-0.1, -0.05) is 76.6 Å². The Morgan fingerprint density at radius 3 is 2.11 bits per heavy atom. The highest BCUT2D eigenvalue weighted by atomic mass is 79.9. The summed E-state index contributed by atoms with van der Waals surface area (Å²) in [5.74, 6) is -0.164. The molecule has 0 atom stereocenters. The predicted molar refractivity (Wildman–Crippen MR) is 159 cm³/mol. The first kappa shape index (κ1) is 24.5. The molecule has 38 heavy (non-hydrogen) atoms. The van der Waals surface area contributed by atoms with Gasteiger partial charge in [-0.25, -0.2) is 0 Å². The molecular formula is C32H19Br2NO3. The van der Waals surface area contributed by atoms with Gasteiger partial charge in [-0.3, -0.25) is 14.4 Å². The van der Waals surface area contributed by atoms with Crippen LogP contribution in [0.1, 0.15) is 38.3 Å². The maximum absolute atomic E-state index is 12.2. The van der Waals surface area contributed by atoms with Gasteiger partial charge < -0.3 is 5.73 Å². The summed E-state index contributed by atoms with van der Waals surface area (Å²) in [7, 11) is 0. The predicted octanol–water partition coefficient (Wildman–Crippen LogP) is 6.06. The van der Waals surface area contributed by atoms with Crippen molar-refractivity contribution in [1.29, 1.82) is 0 Å². The summed E-state index contributed by atoms with van der Waals surface area (Å²) >= 11 is 6.96. The fraction of sp³-hybridized carbons (Fsp3) is 0.0312. The quantitative estimate of drug-likeness (QED) is 0.165. The van der Waals surface area contributed by atoms with E-state index in [4.69, 9.17) is 5.73 Å². The number of anilines is 1. The van der Waals surface area contributed by atoms with Crippen LogP contribution in [0, 0.1) is 0 Å². The minimum atomic E-state index is -0.173. The second-order valence-corrected chi connectivity index (χ2v) is 10.9. The Morgan fingerprint density at radius 2 is 1.34 bits per heavy atom. The number of fused-ring (bicyclic) bond motifs is 6. The molecule has 2 aliphatic carbocycles. The van der Waals surface area contributed by atoms with Crippen LogP contribution in [0.4, 0.5) is 5.69 Å². The third kappa shape index (κ3) is 4.01. The second kappa shape index (κ2) is 9.46. The fourth-order valence-corrected chi connectivity index (χ4v) is 5.96. The third-order valence-corrected chi connectivity index (χ3v) is 8.30. The van der Waals surface area contributed by atoms with Crippen LogP contribution in [0.2, 0.25) is 0 Å². The second-order valence-electron chi connectivity index (χ2n) is 9.21. The molecule has 4 nitrogen and oxygen atoms in total. The lowest BCUT2D eigenvalue weighted by Crippen LogP contribution is -2.31. The van der Waals surface area contributed by atoms with Crippen LogP contribution in [0.5, 0.6) is 0 Å². The van der Waals surface area contributed by atoms with Crippen LogP contribution < -0.4 is 16.2 Å². The van der Waals surface area contributed by atoms with Gasteiger partial charge in [0.25, 0.3) is 0 Å². The summed E-state index contributed by atoms with van der Waals surface area (Å²) in [6.07, 6.45) is 2.48. The lowest BCUT2D eigenvalue weighted by Gasteiger charge is -2.18. The number of benzene rings is 5. The Labute approximate surface area is 234 Å². The molecule has 0 amide bonds. The minimum Gasteiger partial charge on any atom is -0.398 e. The molecule has 2 N–H and O–H groups in total. The molecule has 0 heterocycles. The van der Waals surface area contributed by atoms with Gasteiger partial charge in [-0.2, -0.15) is 0 Å². The van der Waals surface area contributed by atoms with Gasteiger partial charge >= 0.3 is 0 Å². The van der Waals surface area contributed by atoms with Crippen LogP contribution in [0.15, 0.2) is 89.4 Å². The number of ketones is 3. The number of carbonyl (C=O) groups is 3. The van der Waals surface area contributed by atoms with Crippen molar-refractivity contribution < 1.29 is 14.4 Å². The van der Waals surface area contributed by atoms with Crippen molar-refractivity contribution in [2.24, 2.45) is 0 Å². The number of Topliss-reactive ketones (excluding diaryl/α,β-unsaturated/α-hetero) is 1. The highest BCUT2D eigenvalue weighted by molar-refractivity contribution is 9.15. The summed E-state index contributed by atoms with van der Waals surface area (Å²) in [5, 5.41) is 6.96. The van der Waals surface area contributed by atoms with E-state index in [0.717, 1.165) is 20.3 Å². The highest BCUT2D eigenvalue weighted by Gasteiger charge is 2.30. The molecule has 0 aliphatic heterocycles. The Bertz CT molecular complexity index is 1990. The number of carbonyl (C=O) groups excluding carboxylic acids is 3. The molecule has 0 bridgehead atoms. The van der Waals surface area contributed by atoms with Gasteiger partial charge in [0.15, 0.2) is 17.3 Å². The molecule has 0 fully saturated rings. The number of halogens is 2. The molecule has 5 aromatic rings. The van der Waals surface area contributed by atoms with Crippen LogP contribution in [-0.4, -0.2) is 17.3 Å². The molecule has 0 aromatic heterocycles. The average molecular weight is 625 g/mol. The van der Waals surface area contributed by atoms with Crippen molar-refractivity contribution in [2.75, 3.05) is 5.73 Å². The Balaban J connectivity index is 0.000000142. The van der Waals surface area contributed by atoms with Gasteiger partial charge in [0.1, 0.15) is 0 Å². The van der Waals surface area contributed by atoms with Crippen LogP contribution in [0.3, 0.4) is 0 Å². The molecule has 0 spiro atoms. The monoisotopic (exact) mass is 623 g/mol. The number of nitrogens with two attached hydrogens (primary N) is 1. The van der Waals surface area contributed by atoms with Crippen LogP contribution in [-0.2, 0) is 4.79 Å². The summed E-state index contributed by atoms with van der Waals surface area (Å²) in [6.45, 7) is 0. The fourth-order valence-electron chi connectivity index (χ4n) is 5.07. The molecule has 0 saturated carbocycles. The Morgan fingerprint density at radius 1 is 0.658 bits per heavy atom. The molecule has 6 heteroatoms. The van der Waals surface area contributed by atoms with E-state index in [9.17, 15) is 14.4 Å². The normalized spacial score (nSPS) is 13.8. The third-order valence-electron chi connectivity index (χ3n) is 6.94. The minimum absolute atomic E-state index is 0.137. The van der Waals surface area contributed by atoms with Crippen molar-refractivity contribution in [3.8, 4) is 0 Å². The van der Waals surface area contributed by atoms with Gasteiger partial charge in [0.05, 0.1) is 10.0 Å². The van der Waals surface area contributed by atoms with E-state index in [0.29, 0.717) is 38.8 Å². The molecule has 5 aromatic carbocycles. The molecule has 0 unspecified atom stereocenters. The van der Waals surface area contributed by atoms with Crippen molar-refractivity contribution in [3.63, 3.8) is 0 Å². The van der Waals surface area contributed by atoms with Gasteiger partial charge in [-0.05, 0) is 78.2 Å². The summed E-state index contributed by atoms with van der Waals surface area (Å²) in [6, 6.07) is 26.6. The lowest BCUT2D eigenvalue weighted by atomic mass is 9.83. The first-order valence-electron chi connectivity index (χ1n) is 12.0. The zero-order chi connectivity index (χ0) is 26.6. The Kier molecular flexibility index (Phi) is 6.09. The summed E-state index contributed by atoms with van der Waals surface area (Å²) in [4.78, 5) is 36.3. The van der Waals surface area contributed by atoms with Crippen LogP contribution in [0.25, 0.3) is 32.1 Å². The molecule has 0 radical (unpaired) electrons. The van der Waals surface area contributed by atoms with E-state index >= 15 is 0 Å². The molecule has 2 aliphatic rings. The van der Waals surface area contributed by atoms with E-state index in [1.165, 1.54) is 16.2 Å². The van der Waals surface area contributed by atoms with Crippen molar-refractivity contribution in [1.82, 2.24) is 0 Å². The van der Waals surface area contributed by atoms with E-state index < -0.39 is 0 Å². The summed E-state index contributed by atoms with van der Waals surface area (Å²) < 4.78 is 1.78. The average Bonchev–Trinajstić information content (AvgIpc) is 2.93. The smallest absolute Gasteiger partial charge is 0.196 e. The molecular weight excluding hydrogens is 606 g/mol. The van der Waals surface area contributed by atoms with Crippen molar-refractivity contribution in [2.45, 2.75) is 6.42 Å². The van der Waals surface area contributed by atoms with Gasteiger partial charge in [0, 0.05) is 33.3 Å². The zero-order valence-electron chi connectivity index (χ0n) is 19.9. The largest absolute Gasteiger partial charge is 0.398 e. The maximum Gasteiger partial charge on any atom is 0.196 e. The van der Waals surface area contributed by atoms with E-state index in [1.807, 2.05) is 6.08 Å². The zero-order valence-corrected chi connectivity index (χ0v) is 23.1. The standard InChI is InChI=1S/C18H10Br2O.C14H9NO2/c19-13-4-5-14-10(7-13)1-2-11-9-16-12(8-15(11)14)3-6-17(21)18(16)20;15-11-7-3-6-10-12(11)14(17)9-5-2-1-4-8(9)13(10)16/h1-5,7-9H,6H2;1-7H,15H2. The first-order valence-corrected chi connectivity index (χ1v) is 13.5. The molecule has 7 rings (SSSR count). The number of hydrogen-bond donors (Lipinski definition) is 1. The molecule has 184 valence electrons. The van der Waals surface area contributed by atoms with Crippen LogP contribution >= 0.6 is 31.9 Å². The van der Waals surface area contributed by atoms with Gasteiger partial charge in [-0.15, -0.1) is 0 Å². The van der Waals surface area contributed by atoms with Crippen molar-refractivity contribution in [3.05, 3.63) is 122 Å². The topological polar surface area (TPSA) is 77.2 Å². The number of hydrogen-bond acceptors (Lipinski definition) is 4. The van der Waals surface area contributed by atoms with E-state index in [1.54, 1.807) is 42.5 Å². The number of rotatable bonds is 0. The Hall–Kier alpha value is -3.87. The highest BCUT2D eigenvalue weighted by Crippen LogP contribution is 2.30. The molecule has 0 saturated heterocycles.